The van der Waals surface area contributed by atoms with Crippen molar-refractivity contribution >= 4 is 120 Å². The first-order valence-corrected chi connectivity index (χ1v) is 18.7. The molecule has 0 amide bonds. The summed E-state index contributed by atoms with van der Waals surface area (Å²) in [6, 6.07) is 59.6. The lowest BCUT2D eigenvalue weighted by atomic mass is 10.0. The van der Waals surface area contributed by atoms with Gasteiger partial charge in [0.15, 0.2) is 0 Å². The van der Waals surface area contributed by atoms with E-state index in [1.807, 2.05) is 18.2 Å². The summed E-state index contributed by atoms with van der Waals surface area (Å²) >= 11 is 9.39. The fourth-order valence-electron chi connectivity index (χ4n) is 6.69. The van der Waals surface area contributed by atoms with Crippen LogP contribution in [0.1, 0.15) is 0 Å². The standard InChI is InChI=1S/C22H14BrN.C16H10BrN.C6H5I/c23-16-11-12-18-15(14-16)10-13-21-22(18)19-8-4-5-9-20(19)24(21)17-6-2-1-3-7-17;17-11-6-7-12-10(9-11)5-8-15-16(12)13-3-1-2-4-14(13)18-15;7-6-4-2-1-3-5-6/h1-14H;1-9,18H;1-5H. The van der Waals surface area contributed by atoms with Gasteiger partial charge in [-0.15, -0.1) is 0 Å². The van der Waals surface area contributed by atoms with Gasteiger partial charge in [-0.3, -0.25) is 0 Å². The van der Waals surface area contributed by atoms with Crippen LogP contribution >= 0.6 is 54.5 Å². The molecule has 0 bridgehead atoms. The molecular formula is C44H29Br2IN2. The van der Waals surface area contributed by atoms with Crippen molar-refractivity contribution in [1.82, 2.24) is 9.55 Å². The molecule has 2 heterocycles. The van der Waals surface area contributed by atoms with Gasteiger partial charge in [0.25, 0.3) is 0 Å². The van der Waals surface area contributed by atoms with Crippen LogP contribution in [0.4, 0.5) is 0 Å². The first-order chi connectivity index (χ1) is 24.0. The van der Waals surface area contributed by atoms with E-state index in [0.717, 1.165) is 8.95 Å². The molecule has 0 atom stereocenters. The topological polar surface area (TPSA) is 20.7 Å². The quantitative estimate of drug-likeness (QED) is 0.159. The van der Waals surface area contributed by atoms with Crippen LogP contribution in [-0.2, 0) is 0 Å². The predicted molar refractivity (Wildman–Crippen MR) is 226 cm³/mol. The number of hydrogen-bond acceptors (Lipinski definition) is 0. The van der Waals surface area contributed by atoms with Gasteiger partial charge in [-0.2, -0.15) is 0 Å². The van der Waals surface area contributed by atoms with E-state index < -0.39 is 0 Å². The molecule has 2 nitrogen and oxygen atoms in total. The maximum Gasteiger partial charge on any atom is 0.0547 e. The van der Waals surface area contributed by atoms with Crippen LogP contribution in [0.2, 0.25) is 0 Å². The molecule has 0 unspecified atom stereocenters. The highest BCUT2D eigenvalue weighted by atomic mass is 127. The molecule has 0 aliphatic carbocycles. The Labute approximate surface area is 314 Å². The van der Waals surface area contributed by atoms with Crippen molar-refractivity contribution in [3.63, 3.8) is 0 Å². The van der Waals surface area contributed by atoms with Crippen molar-refractivity contribution in [3.05, 3.63) is 182 Å². The van der Waals surface area contributed by atoms with E-state index in [2.05, 4.69) is 216 Å². The predicted octanol–water partition coefficient (Wildman–Crippen LogP) is 14.2. The molecule has 0 spiro atoms. The zero-order valence-corrected chi connectivity index (χ0v) is 31.6. The molecule has 5 heteroatoms. The molecule has 0 aliphatic rings. The van der Waals surface area contributed by atoms with Gasteiger partial charge in [0.05, 0.1) is 11.0 Å². The summed E-state index contributed by atoms with van der Waals surface area (Å²) in [6.07, 6.45) is 0. The minimum absolute atomic E-state index is 1.11. The Kier molecular flexibility index (Phi) is 8.98. The van der Waals surface area contributed by atoms with E-state index >= 15 is 0 Å². The first kappa shape index (κ1) is 31.8. The highest BCUT2D eigenvalue weighted by molar-refractivity contribution is 14.1. The summed E-state index contributed by atoms with van der Waals surface area (Å²) in [5.41, 5.74) is 6.08. The van der Waals surface area contributed by atoms with Crippen molar-refractivity contribution < 1.29 is 0 Å². The molecule has 2 aromatic heterocycles. The van der Waals surface area contributed by atoms with E-state index in [0.29, 0.717) is 0 Å². The zero-order chi connectivity index (χ0) is 33.3. The third-order valence-corrected chi connectivity index (χ3v) is 10.5. The van der Waals surface area contributed by atoms with Crippen LogP contribution in [0.15, 0.2) is 179 Å². The number of nitrogens with one attached hydrogen (secondary N) is 1. The Bertz CT molecular complexity index is 2750. The Balaban J connectivity index is 0.000000122. The lowest BCUT2D eigenvalue weighted by molar-refractivity contribution is 1.18. The molecule has 0 aliphatic heterocycles. The number of aromatic nitrogens is 2. The number of benzene rings is 8. The fourth-order valence-corrected chi connectivity index (χ4v) is 7.86. The highest BCUT2D eigenvalue weighted by Crippen LogP contribution is 2.37. The minimum atomic E-state index is 1.11. The van der Waals surface area contributed by atoms with Crippen molar-refractivity contribution in [2.45, 2.75) is 0 Å². The van der Waals surface area contributed by atoms with Crippen LogP contribution in [0, 0.1) is 3.57 Å². The molecule has 1 N–H and O–H groups in total. The summed E-state index contributed by atoms with van der Waals surface area (Å²) in [6.45, 7) is 0. The summed E-state index contributed by atoms with van der Waals surface area (Å²) in [5, 5.41) is 10.3. The molecule has 10 aromatic rings. The molecule has 0 saturated heterocycles. The second-order valence-corrected chi connectivity index (χ2v) is 14.9. The molecule has 49 heavy (non-hydrogen) atoms. The van der Waals surface area contributed by atoms with E-state index in [9.17, 15) is 0 Å². The molecule has 10 rings (SSSR count). The van der Waals surface area contributed by atoms with Gasteiger partial charge in [0.1, 0.15) is 0 Å². The number of rotatable bonds is 1. The van der Waals surface area contributed by atoms with Crippen LogP contribution in [0.25, 0.3) is 70.8 Å². The van der Waals surface area contributed by atoms with Crippen LogP contribution in [0.5, 0.6) is 0 Å². The third-order valence-electron chi connectivity index (χ3n) is 8.81. The van der Waals surface area contributed by atoms with Crippen LogP contribution < -0.4 is 0 Å². The van der Waals surface area contributed by atoms with Gasteiger partial charge in [-0.05, 0) is 117 Å². The number of H-pyrrole nitrogens is 1. The summed E-state index contributed by atoms with van der Waals surface area (Å²) in [5.74, 6) is 0. The van der Waals surface area contributed by atoms with Gasteiger partial charge in [0, 0.05) is 50.8 Å². The van der Waals surface area contributed by atoms with Crippen molar-refractivity contribution in [2.75, 3.05) is 0 Å². The molecule has 8 aromatic carbocycles. The molecule has 0 saturated carbocycles. The van der Waals surface area contributed by atoms with Crippen molar-refractivity contribution in [1.29, 1.82) is 0 Å². The number of nitrogens with zero attached hydrogens (tertiary/aromatic N) is 1. The average Bonchev–Trinajstić information content (AvgIpc) is 3.69. The summed E-state index contributed by atoms with van der Waals surface area (Å²) < 4.78 is 5.88. The van der Waals surface area contributed by atoms with Gasteiger partial charge < -0.3 is 9.55 Å². The van der Waals surface area contributed by atoms with E-state index in [-0.39, 0.29) is 0 Å². The largest absolute Gasteiger partial charge is 0.354 e. The Morgan fingerprint density at radius 1 is 0.429 bits per heavy atom. The minimum Gasteiger partial charge on any atom is -0.354 e. The van der Waals surface area contributed by atoms with Gasteiger partial charge >= 0.3 is 0 Å². The third kappa shape index (κ3) is 6.27. The van der Waals surface area contributed by atoms with E-state index in [1.165, 1.54) is 74.4 Å². The Morgan fingerprint density at radius 3 is 1.67 bits per heavy atom. The number of hydrogen-bond donors (Lipinski definition) is 1. The molecule has 0 fully saturated rings. The normalized spacial score (nSPS) is 11.2. The highest BCUT2D eigenvalue weighted by Gasteiger charge is 2.14. The molecular weight excluding hydrogens is 843 g/mol. The van der Waals surface area contributed by atoms with E-state index in [1.54, 1.807) is 0 Å². The van der Waals surface area contributed by atoms with Crippen LogP contribution in [0.3, 0.4) is 0 Å². The van der Waals surface area contributed by atoms with Gasteiger partial charge in [-0.25, -0.2) is 0 Å². The summed E-state index contributed by atoms with van der Waals surface area (Å²) in [4.78, 5) is 3.47. The second kappa shape index (κ2) is 13.8. The number of aromatic amines is 1. The average molecular weight is 872 g/mol. The number of halogens is 3. The maximum atomic E-state index is 3.58. The lowest BCUT2D eigenvalue weighted by Gasteiger charge is -2.08. The van der Waals surface area contributed by atoms with E-state index in [4.69, 9.17) is 0 Å². The number of fused-ring (bicyclic) bond motifs is 10. The van der Waals surface area contributed by atoms with Crippen molar-refractivity contribution in [2.24, 2.45) is 0 Å². The van der Waals surface area contributed by atoms with Crippen molar-refractivity contribution in [3.8, 4) is 5.69 Å². The lowest BCUT2D eigenvalue weighted by Crippen LogP contribution is -1.92. The molecule has 236 valence electrons. The second-order valence-electron chi connectivity index (χ2n) is 11.8. The summed E-state index contributed by atoms with van der Waals surface area (Å²) in [7, 11) is 0. The van der Waals surface area contributed by atoms with Crippen LogP contribution in [-0.4, -0.2) is 9.55 Å². The Morgan fingerprint density at radius 2 is 1.00 bits per heavy atom. The smallest absolute Gasteiger partial charge is 0.0547 e. The zero-order valence-electron chi connectivity index (χ0n) is 26.2. The molecule has 0 radical (unpaired) electrons. The Hall–Kier alpha value is -4.43. The number of para-hydroxylation sites is 3. The SMILES string of the molecule is Brc1ccc2c(ccc3[nH]c4ccccc4c32)c1.Brc1ccc2c(ccc3c2c2ccccc2n3-c2ccccc2)c1.Ic1ccccc1. The fraction of sp³-hybridized carbons (Fsp3) is 0. The first-order valence-electron chi connectivity index (χ1n) is 16.0. The van der Waals surface area contributed by atoms with Gasteiger partial charge in [0.2, 0.25) is 0 Å². The maximum absolute atomic E-state index is 3.58. The monoisotopic (exact) mass is 870 g/mol. The van der Waals surface area contributed by atoms with Gasteiger partial charge in [-0.1, -0.05) is 129 Å².